The fraction of sp³-hybridized carbons (Fsp3) is 0.404. The Hall–Kier alpha value is -9.57. The Kier molecular flexibility index (Phi) is 28.0. The number of aromatic nitrogens is 4. The number of aryl methyl sites for hydroxylation is 1. The van der Waals surface area contributed by atoms with Crippen molar-refractivity contribution >= 4 is 93.0 Å². The van der Waals surface area contributed by atoms with Gasteiger partial charge >= 0.3 is 35.9 Å². The van der Waals surface area contributed by atoms with E-state index in [4.69, 9.17) is 31.8 Å². The molecule has 3 heterocycles. The van der Waals surface area contributed by atoms with Gasteiger partial charge in [-0.05, 0) is 74.7 Å². The molecular formula is C52H66N14O18S2. The minimum atomic E-state index is -2.11. The Labute approximate surface area is 498 Å². The molecule has 0 aliphatic heterocycles. The first-order chi connectivity index (χ1) is 40.8. The van der Waals surface area contributed by atoms with Crippen molar-refractivity contribution in [2.45, 2.75) is 88.1 Å². The van der Waals surface area contributed by atoms with Crippen LogP contribution in [-0.4, -0.2) is 203 Å². The maximum absolute atomic E-state index is 13.7. The average molecular weight is 1240 g/mol. The van der Waals surface area contributed by atoms with Crippen molar-refractivity contribution in [2.24, 2.45) is 22.2 Å². The zero-order chi connectivity index (χ0) is 63.5. The quantitative estimate of drug-likeness (QED) is 0.0117. The first kappa shape index (κ1) is 68.9. The van der Waals surface area contributed by atoms with E-state index in [-0.39, 0.29) is 56.6 Å². The number of aliphatic imine (C=N–C) groups is 1. The lowest BCUT2D eigenvalue weighted by Gasteiger charge is -2.26. The maximum Gasteiger partial charge on any atom is 0.409 e. The van der Waals surface area contributed by atoms with E-state index in [9.17, 15) is 73.2 Å². The highest BCUT2D eigenvalue weighted by Crippen LogP contribution is 2.31. The summed E-state index contributed by atoms with van der Waals surface area (Å²) in [5.41, 5.74) is 21.8. The fourth-order valence-electron chi connectivity index (χ4n) is 7.56. The number of aromatic amines is 1. The summed E-state index contributed by atoms with van der Waals surface area (Å²) in [5, 5.41) is 65.4. The molecule has 3 aromatic heterocycles. The van der Waals surface area contributed by atoms with E-state index in [2.05, 4.69) is 46.4 Å². The van der Waals surface area contributed by atoms with Crippen LogP contribution in [0.15, 0.2) is 72.0 Å². The number of hydrogen-bond donors (Lipinski definition) is 14. The van der Waals surface area contributed by atoms with Crippen LogP contribution in [0.4, 0.5) is 4.79 Å². The van der Waals surface area contributed by atoms with Gasteiger partial charge in [-0.25, -0.2) is 9.59 Å². The Balaban J connectivity index is 1.27. The normalized spacial score (nSPS) is 12.9. The van der Waals surface area contributed by atoms with Crippen LogP contribution in [0.25, 0.3) is 33.8 Å². The van der Waals surface area contributed by atoms with Gasteiger partial charge in [0.25, 0.3) is 0 Å². The number of guanidine groups is 1. The molecule has 6 amide bonds. The van der Waals surface area contributed by atoms with Gasteiger partial charge in [0.2, 0.25) is 29.5 Å². The zero-order valence-electron chi connectivity index (χ0n) is 46.3. The Morgan fingerprint density at radius 1 is 0.698 bits per heavy atom. The number of amides is 6. The third kappa shape index (κ3) is 24.0. The molecule has 0 unspecified atom stereocenters. The minimum Gasteiger partial charge on any atom is -0.492 e. The fourth-order valence-corrected chi connectivity index (χ4v) is 9.55. The lowest BCUT2D eigenvalue weighted by molar-refractivity contribution is -0.144. The molecule has 86 heavy (non-hydrogen) atoms. The third-order valence-electron chi connectivity index (χ3n) is 12.0. The summed E-state index contributed by atoms with van der Waals surface area (Å²) in [5.74, 6) is -14.3. The van der Waals surface area contributed by atoms with Crippen molar-refractivity contribution in [3.8, 4) is 39.5 Å². The monoisotopic (exact) mass is 1240 g/mol. The lowest BCUT2D eigenvalue weighted by atomic mass is 10.0. The molecule has 0 saturated carbocycles. The first-order valence-corrected chi connectivity index (χ1v) is 28.5. The van der Waals surface area contributed by atoms with Crippen LogP contribution in [-0.2, 0) is 52.7 Å². The number of likely N-dealkylation sites (N-methyl/N-ethyl adjacent to an activating group) is 1. The van der Waals surface area contributed by atoms with Crippen LogP contribution in [0, 0.1) is 6.92 Å². The molecular weight excluding hydrogens is 1170 g/mol. The lowest BCUT2D eigenvalue weighted by Crippen LogP contribution is -2.59. The molecule has 1 aromatic carbocycles. The van der Waals surface area contributed by atoms with E-state index < -0.39 is 134 Å². The smallest absolute Gasteiger partial charge is 0.409 e. The number of pyridine rings is 2. The number of rotatable bonds is 37. The predicted molar refractivity (Wildman–Crippen MR) is 308 cm³/mol. The number of hydrogen-bond acceptors (Lipinski definition) is 20. The summed E-state index contributed by atoms with van der Waals surface area (Å²) < 4.78 is 11.2. The minimum absolute atomic E-state index is 0.0845. The largest absolute Gasteiger partial charge is 0.492 e. The summed E-state index contributed by atoms with van der Waals surface area (Å²) in [6, 6.07) is 5.87. The van der Waals surface area contributed by atoms with Crippen molar-refractivity contribution in [1.82, 2.24) is 51.6 Å². The molecule has 6 atom stereocenters. The van der Waals surface area contributed by atoms with Crippen molar-refractivity contribution in [3.63, 3.8) is 0 Å². The van der Waals surface area contributed by atoms with E-state index in [1.54, 1.807) is 24.5 Å². The summed E-state index contributed by atoms with van der Waals surface area (Å²) in [7, 11) is 3.50. The number of H-pyrrole nitrogens is 1. The number of ether oxygens (including phenoxy) is 2. The van der Waals surface area contributed by atoms with Gasteiger partial charge in [0.05, 0.1) is 49.1 Å². The molecule has 32 nitrogen and oxygen atoms in total. The van der Waals surface area contributed by atoms with Gasteiger partial charge in [-0.1, -0.05) is 27.7 Å². The molecule has 0 bridgehead atoms. The van der Waals surface area contributed by atoms with Crippen LogP contribution in [0.3, 0.4) is 0 Å². The van der Waals surface area contributed by atoms with Gasteiger partial charge in [-0.2, -0.15) is 5.10 Å². The Morgan fingerprint density at radius 2 is 1.29 bits per heavy atom. The highest BCUT2D eigenvalue weighted by molar-refractivity contribution is 8.76. The number of nitrogens with zero attached hydrogens (tertiary/aromatic N) is 5. The molecule has 0 aliphatic carbocycles. The molecule has 464 valence electrons. The molecule has 0 fully saturated rings. The van der Waals surface area contributed by atoms with Crippen LogP contribution in [0.2, 0.25) is 0 Å². The Bertz CT molecular complexity index is 3070. The predicted octanol–water partition coefficient (Wildman–Crippen LogP) is -0.484. The molecule has 0 spiro atoms. The van der Waals surface area contributed by atoms with Crippen molar-refractivity contribution in [1.29, 1.82) is 0 Å². The zero-order valence-corrected chi connectivity index (χ0v) is 48.0. The molecule has 17 N–H and O–H groups in total. The van der Waals surface area contributed by atoms with Crippen molar-refractivity contribution in [2.75, 3.05) is 44.9 Å². The van der Waals surface area contributed by atoms with Crippen LogP contribution < -0.4 is 48.5 Å². The molecule has 0 aliphatic rings. The molecule has 4 rings (SSSR count). The van der Waals surface area contributed by atoms with Crippen LogP contribution >= 0.6 is 21.6 Å². The van der Waals surface area contributed by atoms with Gasteiger partial charge < -0.3 is 83.7 Å². The highest BCUT2D eigenvalue weighted by atomic mass is 33.1. The second-order valence-electron chi connectivity index (χ2n) is 18.7. The van der Waals surface area contributed by atoms with Crippen LogP contribution in [0.1, 0.15) is 50.6 Å². The van der Waals surface area contributed by atoms with E-state index >= 15 is 0 Å². The number of carbonyl (C=O) groups is 11. The van der Waals surface area contributed by atoms with Gasteiger partial charge in [0, 0.05) is 60.1 Å². The van der Waals surface area contributed by atoms with E-state index in [1.807, 2.05) is 54.7 Å². The molecule has 4 aromatic rings. The highest BCUT2D eigenvalue weighted by Gasteiger charge is 2.35. The molecule has 34 heteroatoms. The molecule has 0 radical (unpaired) electrons. The number of carboxylic acids is 5. The average Bonchev–Trinajstić information content (AvgIpc) is 3.88. The number of nitrogens with two attached hydrogens (primary N) is 3. The van der Waals surface area contributed by atoms with E-state index in [1.165, 1.54) is 11.9 Å². The van der Waals surface area contributed by atoms with Gasteiger partial charge in [0.1, 0.15) is 55.2 Å². The van der Waals surface area contributed by atoms with Gasteiger partial charge in [0.15, 0.2) is 5.96 Å². The SMILES string of the molecule is Cc1cccc(-c2cn[nH]c2-c2ccnc(-c3ccc(OCCN(C)C(=O)OCCSSC[C@H](NC(=O)[C@H](CC(=O)O)NC(=O)[C@H](CC(=O)O)NC(=O)[C@H](CCCN=C(N)N)NC(=O)[C@H](CC(=O)O)NC(=O)CC[C@H](N)C(=O)O)C(=O)O)cc3)c2)n1. The number of carboxylic acid groups (broad SMARTS) is 5. The topological polar surface area (TPSA) is 516 Å². The van der Waals surface area contributed by atoms with Crippen LogP contribution in [0.5, 0.6) is 5.75 Å². The number of benzene rings is 1. The van der Waals surface area contributed by atoms with Crippen molar-refractivity contribution in [3.05, 3.63) is 72.7 Å². The first-order valence-electron chi connectivity index (χ1n) is 26.0. The summed E-state index contributed by atoms with van der Waals surface area (Å²) >= 11 is 0. The van der Waals surface area contributed by atoms with E-state index in [0.717, 1.165) is 55.4 Å². The number of carbonyl (C=O) groups excluding carboxylic acids is 6. The third-order valence-corrected chi connectivity index (χ3v) is 14.3. The summed E-state index contributed by atoms with van der Waals surface area (Å²) in [4.78, 5) is 152. The summed E-state index contributed by atoms with van der Waals surface area (Å²) in [6.45, 7) is 1.92. The van der Waals surface area contributed by atoms with Gasteiger partial charge in [-0.15, -0.1) is 0 Å². The number of nitrogens with one attached hydrogen (secondary N) is 6. The molecule has 0 saturated heterocycles. The standard InChI is InChI=1S/C52H66N14O18S2/c1-27-5-3-6-33(59-27)31-25-58-65-44(31)29-14-16-56-35(21-29)28-8-10-30(11-9-28)83-18-17-66(2)52(82)84-19-20-85-86-26-39(50(80)81)64-48(77)38(24-43(72)73)63-47(76)37(23-42(70)71)62-45(74)34(7-4-15-57-51(54)55)61-46(75)36(22-41(68)69)60-40(67)13-12-32(53)49(78)79/h3,5-6,8-11,14,16,21,25,32,34,36-39H,4,7,12-13,15,17-20,22-24,26,53H2,1-2H3,(H,58,65)(H,60,67)(H,61,75)(H,62,74)(H,63,76)(H,64,77)(H,68,69)(H,70,71)(H,72,73)(H,78,79)(H,80,81)(H4,54,55,57)/t32-,34-,36-,37-,38-,39-/m0/s1. The van der Waals surface area contributed by atoms with Gasteiger partial charge in [-0.3, -0.25) is 63.2 Å². The summed E-state index contributed by atoms with van der Waals surface area (Å²) in [6.07, 6.45) is -2.08. The second-order valence-corrected chi connectivity index (χ2v) is 21.3. The van der Waals surface area contributed by atoms with E-state index in [0.29, 0.717) is 11.4 Å². The number of aliphatic carboxylic acids is 5. The maximum atomic E-state index is 13.7. The second kappa shape index (κ2) is 34.9. The van der Waals surface area contributed by atoms with Crippen molar-refractivity contribution < 1.29 is 87.7 Å². The Morgan fingerprint density at radius 3 is 1.87 bits per heavy atom.